The minimum absolute atomic E-state index is 0.182. The average molecular weight is 504 g/mol. The summed E-state index contributed by atoms with van der Waals surface area (Å²) in [7, 11) is 0.294. The third-order valence-corrected chi connectivity index (χ3v) is 6.01. The summed E-state index contributed by atoms with van der Waals surface area (Å²) >= 11 is 14.5. The van der Waals surface area contributed by atoms with Crippen LogP contribution in [-0.4, -0.2) is 56.9 Å². The Labute approximate surface area is 195 Å². The predicted octanol–water partition coefficient (Wildman–Crippen LogP) is 3.27. The van der Waals surface area contributed by atoms with Gasteiger partial charge in [0.1, 0.15) is 17.0 Å². The summed E-state index contributed by atoms with van der Waals surface area (Å²) in [5.74, 6) is 1.19. The van der Waals surface area contributed by atoms with Crippen molar-refractivity contribution < 1.29 is 17.9 Å². The van der Waals surface area contributed by atoms with Crippen LogP contribution in [0.15, 0.2) is 23.5 Å². The summed E-state index contributed by atoms with van der Waals surface area (Å²) in [4.78, 5) is 13.5. The lowest BCUT2D eigenvalue weighted by Crippen LogP contribution is -2.21. The maximum absolute atomic E-state index is 10.7. The maximum atomic E-state index is 10.7. The van der Waals surface area contributed by atoms with E-state index in [0.717, 1.165) is 0 Å². The van der Waals surface area contributed by atoms with E-state index in [1.54, 1.807) is 18.3 Å². The Morgan fingerprint density at radius 3 is 2.32 bits per heavy atom. The standard InChI is InChI=1S/C18H19Cl2N5O4S2/c1-28-11-7-12(29-2)15(20)13(14(11)19)10-6-9-8-22-18(30-3)25-16(9)17(24-10)21-4-5-23-31(26)27/h6-8,31H,4-5H2,1-3H3,(H,21,24)(H,23,26,27). The van der Waals surface area contributed by atoms with Crippen molar-refractivity contribution in [2.24, 2.45) is 0 Å². The highest BCUT2D eigenvalue weighted by molar-refractivity contribution is 7.98. The number of pyridine rings is 1. The molecule has 31 heavy (non-hydrogen) atoms. The third-order valence-electron chi connectivity index (χ3n) is 4.21. The molecule has 0 aliphatic heterocycles. The zero-order valence-electron chi connectivity index (χ0n) is 16.7. The number of thiol groups is 1. The Morgan fingerprint density at radius 1 is 1.06 bits per heavy atom. The van der Waals surface area contributed by atoms with E-state index in [9.17, 15) is 8.42 Å². The van der Waals surface area contributed by atoms with Gasteiger partial charge in [0, 0.05) is 36.3 Å². The molecule has 0 unspecified atom stereocenters. The number of thioether (sulfide) groups is 1. The summed E-state index contributed by atoms with van der Waals surface area (Å²) < 4.78 is 34.5. The summed E-state index contributed by atoms with van der Waals surface area (Å²) in [6.45, 7) is 0.470. The monoisotopic (exact) mass is 503 g/mol. The van der Waals surface area contributed by atoms with Gasteiger partial charge in [-0.3, -0.25) is 0 Å². The number of nitrogens with one attached hydrogen (secondary N) is 2. The summed E-state index contributed by atoms with van der Waals surface area (Å²) in [6, 6.07) is 3.36. The van der Waals surface area contributed by atoms with Crippen molar-refractivity contribution in [3.05, 3.63) is 28.4 Å². The van der Waals surface area contributed by atoms with Crippen molar-refractivity contribution in [3.63, 3.8) is 0 Å². The molecular weight excluding hydrogens is 485 g/mol. The second kappa shape index (κ2) is 10.5. The molecule has 0 fully saturated rings. The Hall–Kier alpha value is -2.05. The van der Waals surface area contributed by atoms with Gasteiger partial charge < -0.3 is 14.8 Å². The van der Waals surface area contributed by atoms with Crippen LogP contribution in [0.4, 0.5) is 5.82 Å². The van der Waals surface area contributed by atoms with Crippen molar-refractivity contribution in [2.45, 2.75) is 5.16 Å². The van der Waals surface area contributed by atoms with Crippen LogP contribution in [0.5, 0.6) is 11.5 Å². The first-order valence-electron chi connectivity index (χ1n) is 8.83. The number of aromatic nitrogens is 3. The number of methoxy groups -OCH3 is 2. The van der Waals surface area contributed by atoms with Crippen molar-refractivity contribution in [2.75, 3.05) is 38.9 Å². The molecule has 0 bridgehead atoms. The van der Waals surface area contributed by atoms with Crippen molar-refractivity contribution in [1.29, 1.82) is 0 Å². The largest absolute Gasteiger partial charge is 0.495 e. The van der Waals surface area contributed by atoms with Gasteiger partial charge >= 0.3 is 0 Å². The molecule has 2 heterocycles. The molecule has 9 nitrogen and oxygen atoms in total. The molecule has 0 aliphatic rings. The zero-order valence-corrected chi connectivity index (χ0v) is 20.0. The van der Waals surface area contributed by atoms with E-state index in [1.807, 2.05) is 6.26 Å². The Morgan fingerprint density at radius 2 is 1.74 bits per heavy atom. The van der Waals surface area contributed by atoms with Crippen LogP contribution in [0.1, 0.15) is 0 Å². The van der Waals surface area contributed by atoms with E-state index in [4.69, 9.17) is 32.7 Å². The molecule has 13 heteroatoms. The highest BCUT2D eigenvalue weighted by Gasteiger charge is 2.21. The molecule has 0 spiro atoms. The van der Waals surface area contributed by atoms with Crippen LogP contribution in [0.2, 0.25) is 10.0 Å². The predicted molar refractivity (Wildman–Crippen MR) is 124 cm³/mol. The van der Waals surface area contributed by atoms with Crippen LogP contribution in [-0.2, 0) is 10.9 Å². The number of nitrogens with zero attached hydrogens (tertiary/aromatic N) is 3. The molecule has 0 atom stereocenters. The minimum atomic E-state index is -2.69. The van der Waals surface area contributed by atoms with E-state index in [1.165, 1.54) is 26.0 Å². The molecule has 0 amide bonds. The van der Waals surface area contributed by atoms with E-state index in [2.05, 4.69) is 25.0 Å². The highest BCUT2D eigenvalue weighted by Crippen LogP contribution is 2.46. The van der Waals surface area contributed by atoms with Gasteiger partial charge in [-0.05, 0) is 12.3 Å². The molecule has 2 aromatic heterocycles. The lowest BCUT2D eigenvalue weighted by atomic mass is 10.1. The van der Waals surface area contributed by atoms with Gasteiger partial charge in [0.05, 0.1) is 30.0 Å². The van der Waals surface area contributed by atoms with Crippen LogP contribution < -0.4 is 19.5 Å². The van der Waals surface area contributed by atoms with E-state index in [0.29, 0.717) is 44.6 Å². The first-order valence-corrected chi connectivity index (χ1v) is 12.0. The Bertz CT molecular complexity index is 1160. The molecule has 2 N–H and O–H groups in total. The van der Waals surface area contributed by atoms with Crippen LogP contribution in [0.25, 0.3) is 22.2 Å². The van der Waals surface area contributed by atoms with Crippen molar-refractivity contribution in [1.82, 2.24) is 19.7 Å². The molecule has 0 aliphatic carbocycles. The fourth-order valence-corrected chi connectivity index (χ4v) is 4.14. The molecular formula is C18H19Cl2N5O4S2. The lowest BCUT2D eigenvalue weighted by Gasteiger charge is -2.16. The Kier molecular flexibility index (Phi) is 8.00. The number of rotatable bonds is 9. The Balaban J connectivity index is 2.18. The van der Waals surface area contributed by atoms with Gasteiger partial charge in [-0.25, -0.2) is 28.1 Å². The summed E-state index contributed by atoms with van der Waals surface area (Å²) in [6.07, 6.45) is 3.55. The van der Waals surface area contributed by atoms with Crippen LogP contribution in [0, 0.1) is 0 Å². The lowest BCUT2D eigenvalue weighted by molar-refractivity contribution is 0.395. The topological polar surface area (TPSA) is 115 Å². The number of hydrogen-bond donors (Lipinski definition) is 3. The second-order valence-corrected chi connectivity index (χ2v) is 8.39. The number of halogens is 2. The molecule has 0 radical (unpaired) electrons. The first kappa shape index (κ1) is 23.6. The number of fused-ring (bicyclic) bond motifs is 1. The molecule has 0 saturated carbocycles. The fourth-order valence-electron chi connectivity index (χ4n) is 2.81. The van der Waals surface area contributed by atoms with Crippen molar-refractivity contribution >= 4 is 62.6 Å². The quantitative estimate of drug-likeness (QED) is 0.175. The van der Waals surface area contributed by atoms with E-state index in [-0.39, 0.29) is 23.1 Å². The van der Waals surface area contributed by atoms with Crippen LogP contribution in [0.3, 0.4) is 0 Å². The van der Waals surface area contributed by atoms with Gasteiger partial charge in [-0.1, -0.05) is 35.0 Å². The van der Waals surface area contributed by atoms with Gasteiger partial charge in [0.25, 0.3) is 0 Å². The second-order valence-electron chi connectivity index (χ2n) is 6.03. The fraction of sp³-hybridized carbons (Fsp3) is 0.278. The first-order chi connectivity index (χ1) is 14.9. The molecule has 3 aromatic rings. The molecule has 0 saturated heterocycles. The highest BCUT2D eigenvalue weighted by atomic mass is 35.5. The average Bonchev–Trinajstić information content (AvgIpc) is 2.76. The third kappa shape index (κ3) is 5.24. The van der Waals surface area contributed by atoms with Crippen LogP contribution >= 0.6 is 35.0 Å². The smallest absolute Gasteiger partial charge is 0.201 e. The van der Waals surface area contributed by atoms with Gasteiger partial charge in [-0.15, -0.1) is 0 Å². The van der Waals surface area contributed by atoms with Crippen molar-refractivity contribution in [3.8, 4) is 22.8 Å². The SMILES string of the molecule is COc1cc(OC)c(Cl)c(-c2cc3cnc(SC)nc3c(NCCN[SH](=O)=O)n2)c1Cl. The molecule has 1 aromatic carbocycles. The number of hydrogen-bond acceptors (Lipinski definition) is 9. The van der Waals surface area contributed by atoms with E-state index < -0.39 is 10.9 Å². The number of ether oxygens (including phenoxy) is 2. The summed E-state index contributed by atoms with van der Waals surface area (Å²) in [5.41, 5.74) is 1.46. The molecule has 166 valence electrons. The number of anilines is 1. The summed E-state index contributed by atoms with van der Waals surface area (Å²) in [5, 5.41) is 4.93. The normalized spacial score (nSPS) is 11.2. The maximum Gasteiger partial charge on any atom is 0.201 e. The number of benzene rings is 1. The minimum Gasteiger partial charge on any atom is -0.495 e. The molecule has 3 rings (SSSR count). The van der Waals surface area contributed by atoms with Gasteiger partial charge in [0.15, 0.2) is 11.0 Å². The van der Waals surface area contributed by atoms with Gasteiger partial charge in [0.2, 0.25) is 10.9 Å². The van der Waals surface area contributed by atoms with E-state index >= 15 is 0 Å². The zero-order chi connectivity index (χ0) is 22.5. The van der Waals surface area contributed by atoms with Gasteiger partial charge in [-0.2, -0.15) is 0 Å².